The zero-order valence-corrected chi connectivity index (χ0v) is 8.94. The van der Waals surface area contributed by atoms with Gasteiger partial charge in [0.15, 0.2) is 0 Å². The molecule has 1 heterocycles. The highest BCUT2D eigenvalue weighted by molar-refractivity contribution is 5.96. The van der Waals surface area contributed by atoms with Crippen molar-refractivity contribution in [2.75, 3.05) is 0 Å². The molecule has 3 heteroatoms. The molecule has 3 nitrogen and oxygen atoms in total. The number of ether oxygens (including phenoxy) is 1. The molecule has 0 aliphatic carbocycles. The molecule has 1 rings (SSSR count). The van der Waals surface area contributed by atoms with Gasteiger partial charge in [0.05, 0.1) is 11.8 Å². The van der Waals surface area contributed by atoms with Gasteiger partial charge in [-0.25, -0.2) is 0 Å². The standard InChI is InChI=1S/C12H16O3/c1-4-7-9-10(8(5-2)6-3)12(14)15-11(9)13/h4-5,8-10H,1-2,6-7H2,3H3. The second-order valence-corrected chi connectivity index (χ2v) is 3.70. The number of cyclic esters (lactones) is 2. The lowest BCUT2D eigenvalue weighted by atomic mass is 9.80. The lowest BCUT2D eigenvalue weighted by Crippen LogP contribution is -2.24. The van der Waals surface area contributed by atoms with Gasteiger partial charge >= 0.3 is 11.9 Å². The molecule has 0 aromatic rings. The molecule has 0 radical (unpaired) electrons. The van der Waals surface area contributed by atoms with Crippen LogP contribution >= 0.6 is 0 Å². The smallest absolute Gasteiger partial charge is 0.318 e. The highest BCUT2D eigenvalue weighted by Crippen LogP contribution is 2.34. The normalized spacial score (nSPS) is 27.3. The van der Waals surface area contributed by atoms with Crippen LogP contribution in [-0.2, 0) is 14.3 Å². The van der Waals surface area contributed by atoms with E-state index in [0.29, 0.717) is 6.42 Å². The Balaban J connectivity index is 2.90. The summed E-state index contributed by atoms with van der Waals surface area (Å²) < 4.78 is 4.65. The largest absolute Gasteiger partial charge is 0.393 e. The summed E-state index contributed by atoms with van der Waals surface area (Å²) in [6.45, 7) is 9.24. The van der Waals surface area contributed by atoms with E-state index >= 15 is 0 Å². The first-order valence-electron chi connectivity index (χ1n) is 5.14. The molecule has 0 spiro atoms. The molecule has 0 amide bonds. The Bertz CT molecular complexity index is 293. The monoisotopic (exact) mass is 208 g/mol. The maximum absolute atomic E-state index is 11.5. The quantitative estimate of drug-likeness (QED) is 0.395. The van der Waals surface area contributed by atoms with Crippen LogP contribution in [0.4, 0.5) is 0 Å². The van der Waals surface area contributed by atoms with Gasteiger partial charge in [-0.3, -0.25) is 9.59 Å². The molecule has 3 atom stereocenters. The predicted molar refractivity (Wildman–Crippen MR) is 56.9 cm³/mol. The Kier molecular flexibility index (Phi) is 3.83. The molecule has 0 N–H and O–H groups in total. The van der Waals surface area contributed by atoms with Crippen LogP contribution in [-0.4, -0.2) is 11.9 Å². The number of allylic oxidation sites excluding steroid dienone is 2. The fourth-order valence-corrected chi connectivity index (χ4v) is 2.02. The molecule has 0 aromatic carbocycles. The third-order valence-corrected chi connectivity index (χ3v) is 2.87. The van der Waals surface area contributed by atoms with Crippen LogP contribution in [0.1, 0.15) is 19.8 Å². The van der Waals surface area contributed by atoms with E-state index in [1.54, 1.807) is 12.2 Å². The molecule has 1 saturated heterocycles. The van der Waals surface area contributed by atoms with Gasteiger partial charge in [-0.05, 0) is 18.8 Å². The number of hydrogen-bond donors (Lipinski definition) is 0. The summed E-state index contributed by atoms with van der Waals surface area (Å²) in [5.74, 6) is -1.59. The van der Waals surface area contributed by atoms with Crippen LogP contribution in [0.3, 0.4) is 0 Å². The molecule has 0 bridgehead atoms. The second-order valence-electron chi connectivity index (χ2n) is 3.70. The molecule has 15 heavy (non-hydrogen) atoms. The van der Waals surface area contributed by atoms with E-state index in [4.69, 9.17) is 0 Å². The average molecular weight is 208 g/mol. The van der Waals surface area contributed by atoms with Crippen molar-refractivity contribution in [1.29, 1.82) is 0 Å². The maximum atomic E-state index is 11.5. The van der Waals surface area contributed by atoms with Gasteiger partial charge in [0.1, 0.15) is 0 Å². The lowest BCUT2D eigenvalue weighted by molar-refractivity contribution is -0.154. The van der Waals surface area contributed by atoms with Gasteiger partial charge < -0.3 is 4.74 Å². The van der Waals surface area contributed by atoms with E-state index in [-0.39, 0.29) is 17.8 Å². The van der Waals surface area contributed by atoms with Crippen LogP contribution in [0.2, 0.25) is 0 Å². The van der Waals surface area contributed by atoms with E-state index in [1.807, 2.05) is 6.92 Å². The zero-order valence-electron chi connectivity index (χ0n) is 8.94. The maximum Gasteiger partial charge on any atom is 0.318 e. The minimum Gasteiger partial charge on any atom is -0.393 e. The first-order valence-corrected chi connectivity index (χ1v) is 5.14. The third-order valence-electron chi connectivity index (χ3n) is 2.87. The highest BCUT2D eigenvalue weighted by Gasteiger charge is 2.46. The van der Waals surface area contributed by atoms with E-state index < -0.39 is 11.9 Å². The number of carbonyl (C=O) groups is 2. The SMILES string of the molecule is C=CCC1C(=O)OC(=O)C1C(C=C)CC. The summed E-state index contributed by atoms with van der Waals surface area (Å²) in [7, 11) is 0. The Morgan fingerprint density at radius 2 is 2.07 bits per heavy atom. The van der Waals surface area contributed by atoms with Crippen molar-refractivity contribution in [3.8, 4) is 0 Å². The molecular weight excluding hydrogens is 192 g/mol. The lowest BCUT2D eigenvalue weighted by Gasteiger charge is -2.18. The van der Waals surface area contributed by atoms with E-state index in [9.17, 15) is 9.59 Å². The zero-order chi connectivity index (χ0) is 11.4. The van der Waals surface area contributed by atoms with Gasteiger partial charge in [-0.2, -0.15) is 0 Å². The molecule has 1 aliphatic heterocycles. The molecule has 0 saturated carbocycles. The Morgan fingerprint density at radius 1 is 1.40 bits per heavy atom. The Labute approximate surface area is 89.8 Å². The third kappa shape index (κ3) is 2.17. The summed E-state index contributed by atoms with van der Waals surface area (Å²) in [6, 6.07) is 0. The van der Waals surface area contributed by atoms with Crippen molar-refractivity contribution in [1.82, 2.24) is 0 Å². The fourth-order valence-electron chi connectivity index (χ4n) is 2.02. The summed E-state index contributed by atoms with van der Waals surface area (Å²) >= 11 is 0. The average Bonchev–Trinajstić information content (AvgIpc) is 2.47. The molecule has 1 fully saturated rings. The fraction of sp³-hybridized carbons (Fsp3) is 0.500. The van der Waals surface area contributed by atoms with Gasteiger partial charge in [0.2, 0.25) is 0 Å². The number of rotatable bonds is 5. The van der Waals surface area contributed by atoms with Gasteiger partial charge in [0, 0.05) is 0 Å². The van der Waals surface area contributed by atoms with E-state index in [1.165, 1.54) is 0 Å². The molecule has 82 valence electrons. The molecular formula is C12H16O3. The summed E-state index contributed by atoms with van der Waals surface area (Å²) in [5.41, 5.74) is 0. The molecule has 0 aromatic heterocycles. The first-order chi connectivity index (χ1) is 7.15. The predicted octanol–water partition coefficient (Wildman–Crippen LogP) is 2.09. The Morgan fingerprint density at radius 3 is 2.53 bits per heavy atom. The van der Waals surface area contributed by atoms with Crippen molar-refractivity contribution in [2.45, 2.75) is 19.8 Å². The minimum absolute atomic E-state index is 0.00824. The van der Waals surface area contributed by atoms with Crippen LogP contribution in [0.5, 0.6) is 0 Å². The van der Waals surface area contributed by atoms with Crippen molar-refractivity contribution in [3.63, 3.8) is 0 Å². The van der Waals surface area contributed by atoms with Gasteiger partial charge in [-0.15, -0.1) is 13.2 Å². The highest BCUT2D eigenvalue weighted by atomic mass is 16.6. The van der Waals surface area contributed by atoms with Crippen molar-refractivity contribution in [2.24, 2.45) is 17.8 Å². The van der Waals surface area contributed by atoms with Crippen LogP contribution in [0, 0.1) is 17.8 Å². The topological polar surface area (TPSA) is 43.4 Å². The summed E-state index contributed by atoms with van der Waals surface area (Å²) in [5, 5.41) is 0. The van der Waals surface area contributed by atoms with Gasteiger partial charge in [-0.1, -0.05) is 19.1 Å². The van der Waals surface area contributed by atoms with E-state index in [2.05, 4.69) is 17.9 Å². The summed E-state index contributed by atoms with van der Waals surface area (Å²) in [6.07, 6.45) is 4.64. The molecule has 3 unspecified atom stereocenters. The minimum atomic E-state index is -0.426. The van der Waals surface area contributed by atoms with Crippen molar-refractivity contribution >= 4 is 11.9 Å². The Hall–Kier alpha value is -1.38. The van der Waals surface area contributed by atoms with Crippen LogP contribution < -0.4 is 0 Å². The van der Waals surface area contributed by atoms with Crippen molar-refractivity contribution < 1.29 is 14.3 Å². The molecule has 1 aliphatic rings. The number of carbonyl (C=O) groups excluding carboxylic acids is 2. The second kappa shape index (κ2) is 4.91. The van der Waals surface area contributed by atoms with Crippen molar-refractivity contribution in [3.05, 3.63) is 25.3 Å². The summed E-state index contributed by atoms with van der Waals surface area (Å²) in [4.78, 5) is 22.9. The van der Waals surface area contributed by atoms with E-state index in [0.717, 1.165) is 6.42 Å². The number of esters is 2. The van der Waals surface area contributed by atoms with Crippen LogP contribution in [0.15, 0.2) is 25.3 Å². The number of hydrogen-bond acceptors (Lipinski definition) is 3. The van der Waals surface area contributed by atoms with Gasteiger partial charge in [0.25, 0.3) is 0 Å². The van der Waals surface area contributed by atoms with Crippen LogP contribution in [0.25, 0.3) is 0 Å². The first kappa shape index (κ1) is 11.7.